The Labute approximate surface area is 148 Å². The Morgan fingerprint density at radius 2 is 2.30 bits per heavy atom. The molecule has 5 nitrogen and oxygen atoms in total. The highest BCUT2D eigenvalue weighted by atomic mass is 35.5. The van der Waals surface area contributed by atoms with Crippen molar-refractivity contribution in [1.82, 2.24) is 10.2 Å². The summed E-state index contributed by atoms with van der Waals surface area (Å²) >= 11 is 6.07. The zero-order valence-corrected chi connectivity index (χ0v) is 14.8. The molecule has 2 saturated heterocycles. The Morgan fingerprint density at radius 3 is 2.96 bits per heavy atom. The molecule has 1 aromatic carbocycles. The van der Waals surface area contributed by atoms with E-state index < -0.39 is 0 Å². The van der Waals surface area contributed by atoms with Crippen molar-refractivity contribution in [2.45, 2.75) is 12.8 Å². The lowest BCUT2D eigenvalue weighted by molar-refractivity contribution is -0.117. The van der Waals surface area contributed by atoms with E-state index in [2.05, 4.69) is 15.5 Å². The molecule has 2 heterocycles. The van der Waals surface area contributed by atoms with Crippen molar-refractivity contribution in [1.29, 1.82) is 0 Å². The Hall–Kier alpha value is -1.01. The molecule has 0 aromatic heterocycles. The standard InChI is InChI=1S/C16H22ClN3O2.ClH/c1-22-14-3-2-12(8-13(14)17)19-15(21)9-20-7-5-16(11-20)4-6-18-10-16;/h2-3,8,18H,4-7,9-11H2,1H3,(H,19,21);1H. The number of amides is 1. The number of likely N-dealkylation sites (tertiary alicyclic amines) is 1. The number of nitrogens with zero attached hydrogens (tertiary/aromatic N) is 1. The smallest absolute Gasteiger partial charge is 0.238 e. The quantitative estimate of drug-likeness (QED) is 0.866. The fourth-order valence-electron chi connectivity index (χ4n) is 3.45. The zero-order valence-electron chi connectivity index (χ0n) is 13.2. The SMILES string of the molecule is COc1ccc(NC(=O)CN2CCC3(CCNC3)C2)cc1Cl.Cl. The highest BCUT2D eigenvalue weighted by Gasteiger charge is 2.40. The highest BCUT2D eigenvalue weighted by Crippen LogP contribution is 2.35. The molecule has 1 aromatic rings. The van der Waals surface area contributed by atoms with Crippen LogP contribution < -0.4 is 15.4 Å². The van der Waals surface area contributed by atoms with E-state index in [0.717, 1.165) is 26.2 Å². The van der Waals surface area contributed by atoms with Gasteiger partial charge in [0.15, 0.2) is 0 Å². The number of nitrogens with one attached hydrogen (secondary N) is 2. The average Bonchev–Trinajstić information content (AvgIpc) is 3.10. The molecule has 2 fully saturated rings. The van der Waals surface area contributed by atoms with Crippen molar-refractivity contribution in [3.05, 3.63) is 23.2 Å². The van der Waals surface area contributed by atoms with Gasteiger partial charge in [0.05, 0.1) is 18.7 Å². The number of carbonyl (C=O) groups is 1. The third-order valence-electron chi connectivity index (χ3n) is 4.65. The van der Waals surface area contributed by atoms with Crippen LogP contribution in [-0.4, -0.2) is 50.6 Å². The Kier molecular flexibility index (Phi) is 6.14. The van der Waals surface area contributed by atoms with E-state index in [9.17, 15) is 4.79 Å². The number of hydrogen-bond donors (Lipinski definition) is 2. The lowest BCUT2D eigenvalue weighted by Crippen LogP contribution is -2.34. The summed E-state index contributed by atoms with van der Waals surface area (Å²) in [6, 6.07) is 5.27. The second kappa shape index (κ2) is 7.71. The van der Waals surface area contributed by atoms with E-state index in [-0.39, 0.29) is 18.3 Å². The van der Waals surface area contributed by atoms with Crippen molar-refractivity contribution in [2.75, 3.05) is 45.2 Å². The second-order valence-corrected chi connectivity index (χ2v) is 6.69. The summed E-state index contributed by atoms with van der Waals surface area (Å²) in [6.45, 7) is 4.63. The van der Waals surface area contributed by atoms with E-state index in [1.807, 2.05) is 0 Å². The van der Waals surface area contributed by atoms with Gasteiger partial charge in [-0.25, -0.2) is 0 Å². The molecule has 23 heavy (non-hydrogen) atoms. The molecule has 2 aliphatic rings. The number of hydrogen-bond acceptors (Lipinski definition) is 4. The second-order valence-electron chi connectivity index (χ2n) is 6.28. The number of carbonyl (C=O) groups excluding carboxylic acids is 1. The largest absolute Gasteiger partial charge is 0.495 e. The molecule has 1 atom stereocenters. The monoisotopic (exact) mass is 359 g/mol. The Bertz CT molecular complexity index is 562. The molecule has 1 amide bonds. The molecule has 3 rings (SSSR count). The number of halogens is 2. The van der Waals surface area contributed by atoms with Crippen LogP contribution in [0.1, 0.15) is 12.8 Å². The molecule has 128 valence electrons. The molecule has 0 radical (unpaired) electrons. The third kappa shape index (κ3) is 4.29. The van der Waals surface area contributed by atoms with E-state index in [0.29, 0.717) is 28.4 Å². The van der Waals surface area contributed by atoms with Gasteiger partial charge >= 0.3 is 0 Å². The normalized spacial score (nSPS) is 23.7. The fourth-order valence-corrected chi connectivity index (χ4v) is 3.71. The van der Waals surface area contributed by atoms with Crippen LogP contribution in [0.3, 0.4) is 0 Å². The molecule has 0 saturated carbocycles. The van der Waals surface area contributed by atoms with Crippen LogP contribution in [-0.2, 0) is 4.79 Å². The van der Waals surface area contributed by atoms with Crippen molar-refractivity contribution in [2.24, 2.45) is 5.41 Å². The van der Waals surface area contributed by atoms with Gasteiger partial charge in [0.2, 0.25) is 5.91 Å². The molecule has 2 N–H and O–H groups in total. The van der Waals surface area contributed by atoms with Gasteiger partial charge in [-0.1, -0.05) is 11.6 Å². The van der Waals surface area contributed by atoms with E-state index in [1.165, 1.54) is 12.8 Å². The number of rotatable bonds is 4. The van der Waals surface area contributed by atoms with Crippen molar-refractivity contribution >= 4 is 35.6 Å². The van der Waals surface area contributed by atoms with Crippen LogP contribution in [0, 0.1) is 5.41 Å². The lowest BCUT2D eigenvalue weighted by Gasteiger charge is -2.22. The van der Waals surface area contributed by atoms with Gasteiger partial charge < -0.3 is 15.4 Å². The van der Waals surface area contributed by atoms with Crippen molar-refractivity contribution in [3.8, 4) is 5.75 Å². The summed E-state index contributed by atoms with van der Waals surface area (Å²) in [7, 11) is 1.57. The molecule has 7 heteroatoms. The Morgan fingerprint density at radius 1 is 1.48 bits per heavy atom. The molecular formula is C16H23Cl2N3O2. The predicted octanol–water partition coefficient (Wildman–Crippen LogP) is 2.39. The summed E-state index contributed by atoms with van der Waals surface area (Å²) in [6.07, 6.45) is 2.40. The van der Waals surface area contributed by atoms with Gasteiger partial charge in [-0.05, 0) is 49.5 Å². The number of ether oxygens (including phenoxy) is 1. The van der Waals surface area contributed by atoms with E-state index >= 15 is 0 Å². The molecule has 1 spiro atoms. The van der Waals surface area contributed by atoms with Gasteiger partial charge in [0.1, 0.15) is 5.75 Å². The van der Waals surface area contributed by atoms with Crippen LogP contribution >= 0.6 is 24.0 Å². The maximum absolute atomic E-state index is 12.2. The zero-order chi connectivity index (χ0) is 15.6. The number of benzene rings is 1. The predicted molar refractivity (Wildman–Crippen MR) is 94.9 cm³/mol. The summed E-state index contributed by atoms with van der Waals surface area (Å²) in [4.78, 5) is 14.4. The van der Waals surface area contributed by atoms with E-state index in [4.69, 9.17) is 16.3 Å². The molecule has 2 aliphatic heterocycles. The summed E-state index contributed by atoms with van der Waals surface area (Å²) in [5.74, 6) is 0.610. The summed E-state index contributed by atoms with van der Waals surface area (Å²) in [5, 5.41) is 6.83. The minimum absolute atomic E-state index is 0. The topological polar surface area (TPSA) is 53.6 Å². The first kappa shape index (κ1) is 18.3. The fraction of sp³-hybridized carbons (Fsp3) is 0.562. The van der Waals surface area contributed by atoms with Crippen LogP contribution in [0.25, 0.3) is 0 Å². The third-order valence-corrected chi connectivity index (χ3v) is 4.95. The number of methoxy groups -OCH3 is 1. The highest BCUT2D eigenvalue weighted by molar-refractivity contribution is 6.32. The molecule has 0 aliphatic carbocycles. The van der Waals surface area contributed by atoms with Gasteiger partial charge in [-0.15, -0.1) is 12.4 Å². The summed E-state index contributed by atoms with van der Waals surface area (Å²) < 4.78 is 5.11. The molecule has 0 bridgehead atoms. The first-order valence-electron chi connectivity index (χ1n) is 7.67. The summed E-state index contributed by atoms with van der Waals surface area (Å²) in [5.41, 5.74) is 1.09. The van der Waals surface area contributed by atoms with Crippen LogP contribution in [0.15, 0.2) is 18.2 Å². The van der Waals surface area contributed by atoms with Crippen LogP contribution in [0.5, 0.6) is 5.75 Å². The van der Waals surface area contributed by atoms with Gasteiger partial charge in [-0.2, -0.15) is 0 Å². The molecule has 1 unspecified atom stereocenters. The van der Waals surface area contributed by atoms with Crippen molar-refractivity contribution < 1.29 is 9.53 Å². The minimum atomic E-state index is 0. The van der Waals surface area contributed by atoms with Crippen LogP contribution in [0.4, 0.5) is 5.69 Å². The van der Waals surface area contributed by atoms with Gasteiger partial charge in [0.25, 0.3) is 0 Å². The van der Waals surface area contributed by atoms with Crippen LogP contribution in [0.2, 0.25) is 5.02 Å². The lowest BCUT2D eigenvalue weighted by atomic mass is 9.87. The van der Waals surface area contributed by atoms with Gasteiger partial charge in [0, 0.05) is 18.8 Å². The minimum Gasteiger partial charge on any atom is -0.495 e. The first-order chi connectivity index (χ1) is 10.6. The maximum Gasteiger partial charge on any atom is 0.238 e. The van der Waals surface area contributed by atoms with Crippen molar-refractivity contribution in [3.63, 3.8) is 0 Å². The maximum atomic E-state index is 12.2. The number of anilines is 1. The van der Waals surface area contributed by atoms with Gasteiger partial charge in [-0.3, -0.25) is 9.69 Å². The average molecular weight is 360 g/mol. The molecular weight excluding hydrogens is 337 g/mol. The Balaban J connectivity index is 0.00000192. The first-order valence-corrected chi connectivity index (χ1v) is 8.05. The van der Waals surface area contributed by atoms with E-state index in [1.54, 1.807) is 25.3 Å².